The maximum atomic E-state index is 11.6. The first-order chi connectivity index (χ1) is 6.70. The number of hydrogen-bond donors (Lipinski definition) is 1. The minimum atomic E-state index is -0.138. The van der Waals surface area contributed by atoms with E-state index in [1.165, 1.54) is 4.90 Å². The second-order valence-corrected chi connectivity index (χ2v) is 3.21. The van der Waals surface area contributed by atoms with E-state index in [0.717, 1.165) is 5.69 Å². The van der Waals surface area contributed by atoms with Gasteiger partial charge >= 0.3 is 6.03 Å². The van der Waals surface area contributed by atoms with Crippen molar-refractivity contribution in [3.8, 4) is 0 Å². The van der Waals surface area contributed by atoms with Gasteiger partial charge in [0.15, 0.2) is 0 Å². The Morgan fingerprint density at radius 1 is 1.29 bits per heavy atom. The number of nitrogens with zero attached hydrogens (tertiary/aromatic N) is 2. The van der Waals surface area contributed by atoms with Gasteiger partial charge in [-0.15, -0.1) is 0 Å². The summed E-state index contributed by atoms with van der Waals surface area (Å²) >= 11 is 0. The van der Waals surface area contributed by atoms with Gasteiger partial charge in [-0.1, -0.05) is 18.2 Å². The van der Waals surface area contributed by atoms with Crippen molar-refractivity contribution in [2.24, 2.45) is 0 Å². The van der Waals surface area contributed by atoms with Crippen LogP contribution in [0.3, 0.4) is 0 Å². The van der Waals surface area contributed by atoms with Crippen LogP contribution in [0.5, 0.6) is 0 Å². The van der Waals surface area contributed by atoms with Crippen LogP contribution < -0.4 is 4.90 Å². The van der Waals surface area contributed by atoms with Crippen LogP contribution in [0.25, 0.3) is 0 Å². The van der Waals surface area contributed by atoms with Crippen LogP contribution in [0, 0.1) is 5.41 Å². The van der Waals surface area contributed by atoms with E-state index in [0.29, 0.717) is 12.4 Å². The van der Waals surface area contributed by atoms with Gasteiger partial charge in [0, 0.05) is 12.7 Å². The zero-order valence-electron chi connectivity index (χ0n) is 7.90. The Bertz CT molecular complexity index is 374. The highest BCUT2D eigenvalue weighted by molar-refractivity contribution is 6.12. The molecule has 1 aliphatic heterocycles. The first-order valence-corrected chi connectivity index (χ1v) is 4.38. The molecule has 1 saturated heterocycles. The minimum Gasteiger partial charge on any atom is -0.286 e. The van der Waals surface area contributed by atoms with E-state index in [1.54, 1.807) is 11.9 Å². The minimum absolute atomic E-state index is 0.138. The van der Waals surface area contributed by atoms with Gasteiger partial charge in [0.2, 0.25) is 0 Å². The maximum Gasteiger partial charge on any atom is 0.330 e. The number of nitrogens with one attached hydrogen (secondary N) is 1. The Morgan fingerprint density at radius 3 is 2.43 bits per heavy atom. The zero-order chi connectivity index (χ0) is 10.1. The van der Waals surface area contributed by atoms with Crippen LogP contribution in [-0.4, -0.2) is 30.4 Å². The molecule has 1 aliphatic rings. The van der Waals surface area contributed by atoms with Crippen molar-refractivity contribution in [1.82, 2.24) is 4.90 Å². The molecule has 0 bridgehead atoms. The van der Waals surface area contributed by atoms with Crippen molar-refractivity contribution < 1.29 is 4.79 Å². The molecule has 2 amide bonds. The fourth-order valence-electron chi connectivity index (χ4n) is 1.43. The molecular formula is C10H11N3O. The molecule has 0 saturated carbocycles. The molecular weight excluding hydrogens is 178 g/mol. The number of hydrogen-bond acceptors (Lipinski definition) is 2. The van der Waals surface area contributed by atoms with Gasteiger partial charge in [0.05, 0.1) is 6.54 Å². The topological polar surface area (TPSA) is 47.4 Å². The van der Waals surface area contributed by atoms with Crippen molar-refractivity contribution >= 4 is 17.6 Å². The molecule has 1 aromatic carbocycles. The average molecular weight is 189 g/mol. The van der Waals surface area contributed by atoms with E-state index >= 15 is 0 Å². The van der Waals surface area contributed by atoms with E-state index in [1.807, 2.05) is 30.3 Å². The number of benzene rings is 1. The summed E-state index contributed by atoms with van der Waals surface area (Å²) in [6.45, 7) is 0.360. The van der Waals surface area contributed by atoms with Crippen molar-refractivity contribution in [2.75, 3.05) is 18.5 Å². The molecule has 0 aromatic heterocycles. The summed E-state index contributed by atoms with van der Waals surface area (Å²) in [5.74, 6) is 0.332. The second-order valence-electron chi connectivity index (χ2n) is 3.21. The number of rotatable bonds is 1. The molecule has 1 heterocycles. The number of amides is 2. The molecule has 0 aliphatic carbocycles. The van der Waals surface area contributed by atoms with Gasteiger partial charge in [-0.2, -0.15) is 0 Å². The first kappa shape index (κ1) is 8.74. The van der Waals surface area contributed by atoms with Gasteiger partial charge in [0.25, 0.3) is 0 Å². The number of carbonyl (C=O) groups is 1. The average Bonchev–Trinajstić information content (AvgIpc) is 2.47. The van der Waals surface area contributed by atoms with Gasteiger partial charge < -0.3 is 0 Å². The number of amidine groups is 1. The highest BCUT2D eigenvalue weighted by atomic mass is 16.2. The molecule has 0 spiro atoms. The summed E-state index contributed by atoms with van der Waals surface area (Å²) in [4.78, 5) is 14.6. The number of carbonyl (C=O) groups excluding carboxylic acids is 1. The summed E-state index contributed by atoms with van der Waals surface area (Å²) in [7, 11) is 1.62. The number of urea groups is 1. The standard InChI is InChI=1S/C10H11N3O/c1-12-9(11)7-13(10(12)14)8-5-3-2-4-6-8/h2-6,11H,7H2,1H3. The van der Waals surface area contributed by atoms with Gasteiger partial charge in [0.1, 0.15) is 5.84 Å². The molecule has 4 nitrogen and oxygen atoms in total. The molecule has 14 heavy (non-hydrogen) atoms. The van der Waals surface area contributed by atoms with E-state index in [9.17, 15) is 4.79 Å². The van der Waals surface area contributed by atoms with Crippen LogP contribution in [-0.2, 0) is 0 Å². The van der Waals surface area contributed by atoms with Gasteiger partial charge in [-0.25, -0.2) is 4.79 Å². The fourth-order valence-corrected chi connectivity index (χ4v) is 1.43. The molecule has 0 atom stereocenters. The highest BCUT2D eigenvalue weighted by Crippen LogP contribution is 2.19. The molecule has 2 rings (SSSR count). The van der Waals surface area contributed by atoms with E-state index in [-0.39, 0.29) is 6.03 Å². The first-order valence-electron chi connectivity index (χ1n) is 4.38. The molecule has 1 fully saturated rings. The van der Waals surface area contributed by atoms with E-state index < -0.39 is 0 Å². The Hall–Kier alpha value is -1.84. The lowest BCUT2D eigenvalue weighted by atomic mass is 10.3. The van der Waals surface area contributed by atoms with E-state index in [2.05, 4.69) is 0 Å². The predicted octanol–water partition coefficient (Wildman–Crippen LogP) is 1.54. The zero-order valence-corrected chi connectivity index (χ0v) is 7.90. The molecule has 4 heteroatoms. The van der Waals surface area contributed by atoms with Crippen LogP contribution in [0.15, 0.2) is 30.3 Å². The van der Waals surface area contributed by atoms with Crippen molar-refractivity contribution in [1.29, 1.82) is 5.41 Å². The number of likely N-dealkylation sites (N-methyl/N-ethyl adjacent to an activating group) is 1. The quantitative estimate of drug-likeness (QED) is 0.715. The third-order valence-corrected chi connectivity index (χ3v) is 2.30. The Balaban J connectivity index is 2.30. The van der Waals surface area contributed by atoms with Gasteiger partial charge in [-0.05, 0) is 12.1 Å². The molecule has 72 valence electrons. The van der Waals surface area contributed by atoms with Crippen LogP contribution in [0.1, 0.15) is 0 Å². The normalized spacial score (nSPS) is 16.6. The SMILES string of the molecule is CN1C(=N)CN(c2ccccc2)C1=O. The van der Waals surface area contributed by atoms with Crippen molar-refractivity contribution in [2.45, 2.75) is 0 Å². The summed E-state index contributed by atoms with van der Waals surface area (Å²) < 4.78 is 0. The number of anilines is 1. The lowest BCUT2D eigenvalue weighted by Crippen LogP contribution is -2.29. The smallest absolute Gasteiger partial charge is 0.286 e. The molecule has 0 radical (unpaired) electrons. The molecule has 0 unspecified atom stereocenters. The summed E-state index contributed by atoms with van der Waals surface area (Å²) in [6, 6.07) is 9.25. The van der Waals surface area contributed by atoms with E-state index in [4.69, 9.17) is 5.41 Å². The summed E-state index contributed by atoms with van der Waals surface area (Å²) in [6.07, 6.45) is 0. The number of para-hydroxylation sites is 1. The van der Waals surface area contributed by atoms with Crippen molar-refractivity contribution in [3.05, 3.63) is 30.3 Å². The summed E-state index contributed by atoms with van der Waals surface area (Å²) in [5, 5.41) is 7.53. The van der Waals surface area contributed by atoms with Crippen LogP contribution >= 0.6 is 0 Å². The fraction of sp³-hybridized carbons (Fsp3) is 0.200. The van der Waals surface area contributed by atoms with Crippen LogP contribution in [0.4, 0.5) is 10.5 Å². The monoisotopic (exact) mass is 189 g/mol. The Kier molecular flexibility index (Phi) is 1.96. The molecule has 1 aromatic rings. The second kappa shape index (κ2) is 3.14. The summed E-state index contributed by atoms with van der Waals surface area (Å²) in [5.41, 5.74) is 0.839. The predicted molar refractivity (Wildman–Crippen MR) is 54.7 cm³/mol. The third-order valence-electron chi connectivity index (χ3n) is 2.30. The Morgan fingerprint density at radius 2 is 1.93 bits per heavy atom. The third kappa shape index (κ3) is 1.25. The maximum absolute atomic E-state index is 11.6. The lowest BCUT2D eigenvalue weighted by Gasteiger charge is -2.14. The van der Waals surface area contributed by atoms with Crippen molar-refractivity contribution in [3.63, 3.8) is 0 Å². The van der Waals surface area contributed by atoms with Gasteiger partial charge in [-0.3, -0.25) is 15.2 Å². The largest absolute Gasteiger partial charge is 0.330 e. The Labute approximate surface area is 82.3 Å². The molecule has 1 N–H and O–H groups in total. The highest BCUT2D eigenvalue weighted by Gasteiger charge is 2.30. The lowest BCUT2D eigenvalue weighted by molar-refractivity contribution is 0.237. The van der Waals surface area contributed by atoms with Crippen LogP contribution in [0.2, 0.25) is 0 Å².